The SMILES string of the molecule is FCCCNCc1c(F)cccc1F. The molecule has 0 saturated heterocycles. The lowest BCUT2D eigenvalue weighted by Crippen LogP contribution is -2.17. The molecule has 14 heavy (non-hydrogen) atoms. The number of halogens is 3. The molecule has 1 aromatic carbocycles. The summed E-state index contributed by atoms with van der Waals surface area (Å²) in [6, 6.07) is 3.72. The van der Waals surface area contributed by atoms with Gasteiger partial charge in [0.25, 0.3) is 0 Å². The van der Waals surface area contributed by atoms with Gasteiger partial charge in [-0.2, -0.15) is 0 Å². The van der Waals surface area contributed by atoms with Crippen LogP contribution in [0.25, 0.3) is 0 Å². The molecule has 0 fully saturated rings. The van der Waals surface area contributed by atoms with Crippen molar-refractivity contribution < 1.29 is 13.2 Å². The van der Waals surface area contributed by atoms with Crippen molar-refractivity contribution in [3.63, 3.8) is 0 Å². The molecule has 1 rings (SSSR count). The van der Waals surface area contributed by atoms with Gasteiger partial charge in [-0.1, -0.05) is 6.07 Å². The lowest BCUT2D eigenvalue weighted by Gasteiger charge is -2.05. The molecule has 0 radical (unpaired) electrons. The zero-order valence-electron chi connectivity index (χ0n) is 7.69. The van der Waals surface area contributed by atoms with Crippen molar-refractivity contribution in [2.24, 2.45) is 0 Å². The van der Waals surface area contributed by atoms with Crippen LogP contribution in [-0.4, -0.2) is 13.2 Å². The van der Waals surface area contributed by atoms with E-state index in [2.05, 4.69) is 5.32 Å². The molecule has 1 N–H and O–H groups in total. The summed E-state index contributed by atoms with van der Waals surface area (Å²) < 4.78 is 37.7. The first-order valence-corrected chi connectivity index (χ1v) is 4.45. The number of alkyl halides is 1. The van der Waals surface area contributed by atoms with Crippen molar-refractivity contribution in [2.45, 2.75) is 13.0 Å². The molecule has 78 valence electrons. The number of hydrogen-bond acceptors (Lipinski definition) is 1. The van der Waals surface area contributed by atoms with Crippen molar-refractivity contribution in [1.29, 1.82) is 0 Å². The van der Waals surface area contributed by atoms with Crippen molar-refractivity contribution in [3.05, 3.63) is 35.4 Å². The van der Waals surface area contributed by atoms with Gasteiger partial charge in [0.1, 0.15) is 11.6 Å². The van der Waals surface area contributed by atoms with Gasteiger partial charge in [0.05, 0.1) is 6.67 Å². The standard InChI is InChI=1S/C10H12F3N/c11-5-2-6-14-7-8-9(12)3-1-4-10(8)13/h1,3-4,14H,2,5-7H2. The molecule has 4 heteroatoms. The van der Waals surface area contributed by atoms with Gasteiger partial charge in [0.2, 0.25) is 0 Å². The van der Waals surface area contributed by atoms with Crippen LogP contribution in [-0.2, 0) is 6.54 Å². The van der Waals surface area contributed by atoms with Crippen LogP contribution in [0.1, 0.15) is 12.0 Å². The Hall–Kier alpha value is -1.03. The Labute approximate surface area is 80.9 Å². The molecular formula is C10H12F3N. The zero-order valence-corrected chi connectivity index (χ0v) is 7.69. The van der Waals surface area contributed by atoms with Crippen LogP contribution in [0.4, 0.5) is 13.2 Å². The van der Waals surface area contributed by atoms with Crippen molar-refractivity contribution in [3.8, 4) is 0 Å². The summed E-state index contributed by atoms with van der Waals surface area (Å²) in [5.41, 5.74) is 0.00589. The lowest BCUT2D eigenvalue weighted by atomic mass is 10.2. The van der Waals surface area contributed by atoms with Crippen LogP contribution in [0.15, 0.2) is 18.2 Å². The third-order valence-corrected chi connectivity index (χ3v) is 1.85. The molecule has 0 amide bonds. The van der Waals surface area contributed by atoms with Crippen LogP contribution < -0.4 is 5.32 Å². The molecule has 0 spiro atoms. The fourth-order valence-corrected chi connectivity index (χ4v) is 1.11. The summed E-state index contributed by atoms with van der Waals surface area (Å²) in [6.07, 6.45) is 0.357. The Morgan fingerprint density at radius 1 is 1.14 bits per heavy atom. The Morgan fingerprint density at radius 2 is 1.79 bits per heavy atom. The Kier molecular flexibility index (Phi) is 4.46. The first-order chi connectivity index (χ1) is 6.75. The maximum Gasteiger partial charge on any atom is 0.130 e. The second kappa shape index (κ2) is 5.65. The third kappa shape index (κ3) is 3.03. The van der Waals surface area contributed by atoms with Gasteiger partial charge in [-0.3, -0.25) is 4.39 Å². The van der Waals surface area contributed by atoms with Gasteiger partial charge in [0, 0.05) is 12.1 Å². The van der Waals surface area contributed by atoms with Crippen molar-refractivity contribution in [1.82, 2.24) is 5.32 Å². The van der Waals surface area contributed by atoms with E-state index in [4.69, 9.17) is 0 Å². The van der Waals surface area contributed by atoms with E-state index in [0.29, 0.717) is 13.0 Å². The third-order valence-electron chi connectivity index (χ3n) is 1.85. The number of nitrogens with one attached hydrogen (secondary N) is 1. The van der Waals surface area contributed by atoms with Gasteiger partial charge in [-0.25, -0.2) is 8.78 Å². The van der Waals surface area contributed by atoms with Gasteiger partial charge < -0.3 is 5.32 Å². The van der Waals surface area contributed by atoms with Gasteiger partial charge in [0.15, 0.2) is 0 Å². The molecule has 0 aliphatic carbocycles. The minimum absolute atomic E-state index is 0.00589. The maximum absolute atomic E-state index is 13.0. The molecular weight excluding hydrogens is 191 g/mol. The molecule has 1 aromatic rings. The second-order valence-electron chi connectivity index (χ2n) is 2.92. The number of hydrogen-bond donors (Lipinski definition) is 1. The van der Waals surface area contributed by atoms with Gasteiger partial charge in [-0.15, -0.1) is 0 Å². The summed E-state index contributed by atoms with van der Waals surface area (Å²) >= 11 is 0. The highest BCUT2D eigenvalue weighted by Gasteiger charge is 2.06. The van der Waals surface area contributed by atoms with E-state index >= 15 is 0 Å². The van der Waals surface area contributed by atoms with Crippen LogP contribution in [0, 0.1) is 11.6 Å². The molecule has 1 nitrogen and oxygen atoms in total. The minimum Gasteiger partial charge on any atom is -0.312 e. The summed E-state index contributed by atoms with van der Waals surface area (Å²) in [7, 11) is 0. The maximum atomic E-state index is 13.0. The van der Waals surface area contributed by atoms with E-state index in [0.717, 1.165) is 0 Å². The summed E-state index contributed by atoms with van der Waals surface area (Å²) in [5, 5.41) is 2.76. The Bertz CT molecular complexity index is 268. The van der Waals surface area contributed by atoms with E-state index in [1.165, 1.54) is 18.2 Å². The molecule has 0 aliphatic heterocycles. The summed E-state index contributed by atoms with van der Waals surface area (Å²) in [6.45, 7) is 0.0928. The largest absolute Gasteiger partial charge is 0.312 e. The molecule has 0 bridgehead atoms. The molecule has 0 unspecified atom stereocenters. The molecule has 0 aromatic heterocycles. The topological polar surface area (TPSA) is 12.0 Å². The van der Waals surface area contributed by atoms with Crippen LogP contribution in [0.2, 0.25) is 0 Å². The van der Waals surface area contributed by atoms with Crippen LogP contribution >= 0.6 is 0 Å². The van der Waals surface area contributed by atoms with Crippen molar-refractivity contribution >= 4 is 0 Å². The highest BCUT2D eigenvalue weighted by Crippen LogP contribution is 2.11. The van der Waals surface area contributed by atoms with E-state index in [1.54, 1.807) is 0 Å². The average Bonchev–Trinajstić information content (AvgIpc) is 2.16. The Morgan fingerprint density at radius 3 is 2.36 bits per heavy atom. The van der Waals surface area contributed by atoms with E-state index < -0.39 is 18.3 Å². The molecule has 0 heterocycles. The first kappa shape index (κ1) is 11.0. The lowest BCUT2D eigenvalue weighted by molar-refractivity contribution is 0.455. The van der Waals surface area contributed by atoms with E-state index in [-0.39, 0.29) is 12.1 Å². The van der Waals surface area contributed by atoms with Crippen LogP contribution in [0.5, 0.6) is 0 Å². The van der Waals surface area contributed by atoms with Gasteiger partial charge in [-0.05, 0) is 25.1 Å². The molecule has 0 atom stereocenters. The predicted molar refractivity (Wildman–Crippen MR) is 48.7 cm³/mol. The average molecular weight is 203 g/mol. The number of rotatable bonds is 5. The van der Waals surface area contributed by atoms with E-state index in [1.807, 2.05) is 0 Å². The minimum atomic E-state index is -0.572. The monoisotopic (exact) mass is 203 g/mol. The van der Waals surface area contributed by atoms with Crippen LogP contribution in [0.3, 0.4) is 0 Å². The quantitative estimate of drug-likeness (QED) is 0.724. The van der Waals surface area contributed by atoms with Gasteiger partial charge >= 0.3 is 0 Å². The molecule has 0 saturated carbocycles. The zero-order chi connectivity index (χ0) is 10.4. The number of benzene rings is 1. The summed E-state index contributed by atoms with van der Waals surface area (Å²) in [5.74, 6) is -1.14. The summed E-state index contributed by atoms with van der Waals surface area (Å²) in [4.78, 5) is 0. The highest BCUT2D eigenvalue weighted by molar-refractivity contribution is 5.19. The normalized spacial score (nSPS) is 10.5. The first-order valence-electron chi connectivity index (χ1n) is 4.45. The van der Waals surface area contributed by atoms with E-state index in [9.17, 15) is 13.2 Å². The predicted octanol–water partition coefficient (Wildman–Crippen LogP) is 2.41. The molecule has 0 aliphatic rings. The highest BCUT2D eigenvalue weighted by atomic mass is 19.1. The smallest absolute Gasteiger partial charge is 0.130 e. The fraction of sp³-hybridized carbons (Fsp3) is 0.400. The van der Waals surface area contributed by atoms with Crippen molar-refractivity contribution in [2.75, 3.05) is 13.2 Å². The second-order valence-corrected chi connectivity index (χ2v) is 2.92. The fourth-order valence-electron chi connectivity index (χ4n) is 1.11. The Balaban J connectivity index is 2.49.